The van der Waals surface area contributed by atoms with E-state index in [1.54, 1.807) is 0 Å². The van der Waals surface area contributed by atoms with Gasteiger partial charge in [-0.15, -0.1) is 0 Å². The molecule has 156 valence electrons. The van der Waals surface area contributed by atoms with Crippen LogP contribution in [0.25, 0.3) is 22.4 Å². The van der Waals surface area contributed by atoms with E-state index in [-0.39, 0.29) is 12.5 Å². The Labute approximate surface area is 182 Å². The SMILES string of the molecule is O=C(NCc1n[nH]c(=S)n1C1CC1)c1cc(C2CC2)nc2onc(-c3ccccc3)c12. The third-order valence-electron chi connectivity index (χ3n) is 5.85. The van der Waals surface area contributed by atoms with Gasteiger partial charge in [0.15, 0.2) is 10.6 Å². The van der Waals surface area contributed by atoms with E-state index in [1.807, 2.05) is 41.0 Å². The average molecular weight is 433 g/mol. The zero-order chi connectivity index (χ0) is 20.9. The van der Waals surface area contributed by atoms with Gasteiger partial charge in [0.25, 0.3) is 11.6 Å². The number of H-pyrrole nitrogens is 1. The highest BCUT2D eigenvalue weighted by atomic mass is 32.1. The van der Waals surface area contributed by atoms with Crippen molar-refractivity contribution in [1.82, 2.24) is 30.2 Å². The van der Waals surface area contributed by atoms with E-state index >= 15 is 0 Å². The Hall–Kier alpha value is -3.33. The molecule has 2 fully saturated rings. The molecule has 31 heavy (non-hydrogen) atoms. The number of nitrogens with one attached hydrogen (secondary N) is 2. The van der Waals surface area contributed by atoms with Gasteiger partial charge in [0.2, 0.25) is 0 Å². The number of carbonyl (C=O) groups is 1. The molecule has 1 amide bonds. The lowest BCUT2D eigenvalue weighted by Gasteiger charge is -2.09. The van der Waals surface area contributed by atoms with Crippen molar-refractivity contribution in [1.29, 1.82) is 0 Å². The summed E-state index contributed by atoms with van der Waals surface area (Å²) in [7, 11) is 0. The molecule has 2 N–H and O–H groups in total. The Morgan fingerprint density at radius 3 is 2.77 bits per heavy atom. The van der Waals surface area contributed by atoms with E-state index in [2.05, 4.69) is 25.7 Å². The van der Waals surface area contributed by atoms with Crippen LogP contribution in [0.15, 0.2) is 40.9 Å². The van der Waals surface area contributed by atoms with Crippen molar-refractivity contribution in [2.24, 2.45) is 0 Å². The molecule has 6 rings (SSSR count). The Morgan fingerprint density at radius 1 is 1.23 bits per heavy atom. The van der Waals surface area contributed by atoms with E-state index in [1.165, 1.54) is 0 Å². The molecule has 2 aliphatic carbocycles. The Morgan fingerprint density at radius 2 is 2.03 bits per heavy atom. The monoisotopic (exact) mass is 432 g/mol. The molecular formula is C22H20N6O2S. The molecule has 4 aromatic rings. The van der Waals surface area contributed by atoms with Crippen LogP contribution in [-0.2, 0) is 6.54 Å². The summed E-state index contributed by atoms with van der Waals surface area (Å²) in [5.41, 5.74) is 3.31. The molecule has 9 heteroatoms. The maximum Gasteiger partial charge on any atom is 0.259 e. The highest BCUT2D eigenvalue weighted by Gasteiger charge is 2.30. The normalized spacial score (nSPS) is 16.0. The first-order valence-electron chi connectivity index (χ1n) is 10.5. The number of hydrogen-bond donors (Lipinski definition) is 2. The molecule has 0 unspecified atom stereocenters. The van der Waals surface area contributed by atoms with Gasteiger partial charge in [-0.25, -0.2) is 4.98 Å². The first kappa shape index (κ1) is 18.4. The maximum absolute atomic E-state index is 13.3. The minimum atomic E-state index is -0.203. The minimum absolute atomic E-state index is 0.203. The topological polar surface area (TPSA) is 102 Å². The molecule has 8 nitrogen and oxygen atoms in total. The van der Waals surface area contributed by atoms with Crippen LogP contribution in [0.1, 0.15) is 59.5 Å². The van der Waals surface area contributed by atoms with Crippen LogP contribution in [-0.4, -0.2) is 30.8 Å². The average Bonchev–Trinajstić information content (AvgIpc) is 3.73. The fraction of sp³-hybridized carbons (Fsp3) is 0.318. The van der Waals surface area contributed by atoms with Crippen molar-refractivity contribution in [3.05, 3.63) is 58.3 Å². The smallest absolute Gasteiger partial charge is 0.259 e. The quantitative estimate of drug-likeness (QED) is 0.441. The molecule has 0 bridgehead atoms. The van der Waals surface area contributed by atoms with Crippen molar-refractivity contribution in [2.75, 3.05) is 0 Å². The molecule has 1 aromatic carbocycles. The van der Waals surface area contributed by atoms with Crippen molar-refractivity contribution in [3.63, 3.8) is 0 Å². The van der Waals surface area contributed by atoms with E-state index in [4.69, 9.17) is 16.7 Å². The molecule has 2 saturated carbocycles. The van der Waals surface area contributed by atoms with Crippen molar-refractivity contribution < 1.29 is 9.32 Å². The van der Waals surface area contributed by atoms with E-state index in [0.717, 1.165) is 42.8 Å². The summed E-state index contributed by atoms with van der Waals surface area (Å²) in [6.45, 7) is 0.289. The summed E-state index contributed by atoms with van der Waals surface area (Å²) >= 11 is 5.34. The Bertz CT molecular complexity index is 1350. The number of hydrogen-bond acceptors (Lipinski definition) is 6. The summed E-state index contributed by atoms with van der Waals surface area (Å²) < 4.78 is 8.16. The van der Waals surface area contributed by atoms with E-state index in [9.17, 15) is 4.79 Å². The molecule has 0 aliphatic heterocycles. The number of carbonyl (C=O) groups excluding carboxylic acids is 1. The standard InChI is InChI=1S/C22H20N6O2S/c29-20(23-11-17-25-26-22(31)28(17)14-8-9-14)15-10-16(12-6-7-12)24-21-18(15)19(27-30-21)13-4-2-1-3-5-13/h1-5,10,12,14H,6-9,11H2,(H,23,29)(H,26,31). The molecule has 0 atom stereocenters. The molecular weight excluding hydrogens is 412 g/mol. The summed E-state index contributed by atoms with van der Waals surface area (Å²) in [4.78, 5) is 18.0. The number of aromatic nitrogens is 5. The Balaban J connectivity index is 1.38. The second-order valence-corrected chi connectivity index (χ2v) is 8.56. The zero-order valence-corrected chi connectivity index (χ0v) is 17.5. The highest BCUT2D eigenvalue weighted by molar-refractivity contribution is 7.71. The Kier molecular flexibility index (Phi) is 4.24. The number of pyridine rings is 1. The van der Waals surface area contributed by atoms with Crippen LogP contribution < -0.4 is 5.32 Å². The van der Waals surface area contributed by atoms with E-state index in [0.29, 0.717) is 39.1 Å². The van der Waals surface area contributed by atoms with Gasteiger partial charge in [-0.05, 0) is 44.0 Å². The van der Waals surface area contributed by atoms with Gasteiger partial charge in [-0.3, -0.25) is 14.5 Å². The van der Waals surface area contributed by atoms with Crippen LogP contribution >= 0.6 is 12.2 Å². The third kappa shape index (κ3) is 3.34. The predicted octanol–water partition coefficient (Wildman–Crippen LogP) is 4.29. The molecule has 3 aromatic heterocycles. The lowest BCUT2D eigenvalue weighted by molar-refractivity contribution is 0.0951. The molecule has 0 spiro atoms. The first-order chi connectivity index (χ1) is 15.2. The minimum Gasteiger partial charge on any atom is -0.345 e. The van der Waals surface area contributed by atoms with Gasteiger partial charge >= 0.3 is 0 Å². The van der Waals surface area contributed by atoms with Crippen LogP contribution in [0.5, 0.6) is 0 Å². The second-order valence-electron chi connectivity index (χ2n) is 8.18. The predicted molar refractivity (Wildman–Crippen MR) is 116 cm³/mol. The van der Waals surface area contributed by atoms with Crippen molar-refractivity contribution in [3.8, 4) is 11.3 Å². The lowest BCUT2D eigenvalue weighted by Crippen LogP contribution is -2.25. The van der Waals surface area contributed by atoms with Crippen LogP contribution in [0.2, 0.25) is 0 Å². The zero-order valence-electron chi connectivity index (χ0n) is 16.7. The van der Waals surface area contributed by atoms with Gasteiger partial charge in [0.05, 0.1) is 17.5 Å². The van der Waals surface area contributed by atoms with Crippen LogP contribution in [0.3, 0.4) is 0 Å². The molecule has 0 saturated heterocycles. The number of fused-ring (bicyclic) bond motifs is 1. The maximum atomic E-state index is 13.3. The van der Waals surface area contributed by atoms with Crippen molar-refractivity contribution in [2.45, 2.75) is 44.2 Å². The summed E-state index contributed by atoms with van der Waals surface area (Å²) in [5, 5.41) is 15.0. The first-order valence-corrected chi connectivity index (χ1v) is 10.9. The molecule has 0 radical (unpaired) electrons. The fourth-order valence-corrected chi connectivity index (χ4v) is 4.26. The van der Waals surface area contributed by atoms with E-state index < -0.39 is 0 Å². The number of amides is 1. The third-order valence-corrected chi connectivity index (χ3v) is 6.14. The second kappa shape index (κ2) is 7.12. The van der Waals surface area contributed by atoms with Crippen molar-refractivity contribution >= 4 is 29.2 Å². The summed E-state index contributed by atoms with van der Waals surface area (Å²) in [5.74, 6) is 0.917. The lowest BCUT2D eigenvalue weighted by atomic mass is 10.0. The van der Waals surface area contributed by atoms with Gasteiger partial charge < -0.3 is 9.84 Å². The summed E-state index contributed by atoms with van der Waals surface area (Å²) in [6.07, 6.45) is 4.34. The van der Waals surface area contributed by atoms with Crippen LogP contribution in [0, 0.1) is 4.77 Å². The molecule has 2 aliphatic rings. The number of nitrogens with zero attached hydrogens (tertiary/aromatic N) is 4. The highest BCUT2D eigenvalue weighted by Crippen LogP contribution is 2.41. The van der Waals surface area contributed by atoms with Gasteiger partial charge in [-0.1, -0.05) is 35.5 Å². The van der Waals surface area contributed by atoms with Gasteiger partial charge in [-0.2, -0.15) is 5.10 Å². The van der Waals surface area contributed by atoms with Crippen LogP contribution in [0.4, 0.5) is 0 Å². The summed E-state index contributed by atoms with van der Waals surface area (Å²) in [6, 6.07) is 12.0. The number of rotatable bonds is 6. The fourth-order valence-electron chi connectivity index (χ4n) is 3.96. The van der Waals surface area contributed by atoms with Gasteiger partial charge in [0, 0.05) is 23.2 Å². The number of benzene rings is 1. The number of aromatic amines is 1. The molecule has 3 heterocycles. The largest absolute Gasteiger partial charge is 0.345 e. The van der Waals surface area contributed by atoms with Gasteiger partial charge in [0.1, 0.15) is 5.69 Å².